The molecule has 0 N–H and O–H groups in total. The summed E-state index contributed by atoms with van der Waals surface area (Å²) in [6, 6.07) is 6.50. The van der Waals surface area contributed by atoms with Crippen LogP contribution in [0.4, 0.5) is 0 Å². The summed E-state index contributed by atoms with van der Waals surface area (Å²) in [6.07, 6.45) is 0. The van der Waals surface area contributed by atoms with Crippen molar-refractivity contribution >= 4 is 21.6 Å². The number of hydrogen-bond donors (Lipinski definition) is 0. The van der Waals surface area contributed by atoms with Crippen LogP contribution in [0.25, 0.3) is 0 Å². The van der Waals surface area contributed by atoms with Gasteiger partial charge in [-0.2, -0.15) is 4.31 Å². The largest absolute Gasteiger partial charge is 0.497 e. The van der Waals surface area contributed by atoms with Crippen LogP contribution in [-0.2, 0) is 16.6 Å². The molecule has 7 nitrogen and oxygen atoms in total. The highest BCUT2D eigenvalue weighted by Crippen LogP contribution is 2.21. The summed E-state index contributed by atoms with van der Waals surface area (Å²) < 4.78 is 35.8. The Labute approximate surface area is 139 Å². The first kappa shape index (κ1) is 16.3. The predicted octanol–water partition coefficient (Wildman–Crippen LogP) is 1.05. The van der Waals surface area contributed by atoms with Crippen LogP contribution >= 0.6 is 11.5 Å². The standard InChI is InChI=1S/C14H18N4O3S2/c1-21-13-2-4-14(5-3-13)23(19,20)18-8-6-17(7-9-18)10-12-11-22-16-15-12/h2-5,11H,6-10H2,1H3. The molecular weight excluding hydrogens is 336 g/mol. The van der Waals surface area contributed by atoms with Gasteiger partial charge in [-0.25, -0.2) is 8.42 Å². The zero-order valence-corrected chi connectivity index (χ0v) is 14.4. The Morgan fingerprint density at radius 2 is 1.87 bits per heavy atom. The number of methoxy groups -OCH3 is 1. The third-order valence-electron chi connectivity index (χ3n) is 3.82. The minimum absolute atomic E-state index is 0.301. The van der Waals surface area contributed by atoms with Gasteiger partial charge in [-0.05, 0) is 35.8 Å². The topological polar surface area (TPSA) is 75.6 Å². The van der Waals surface area contributed by atoms with Crippen molar-refractivity contribution in [1.29, 1.82) is 0 Å². The molecule has 1 aliphatic heterocycles. The second-order valence-electron chi connectivity index (χ2n) is 5.25. The van der Waals surface area contributed by atoms with Crippen molar-refractivity contribution in [2.45, 2.75) is 11.4 Å². The monoisotopic (exact) mass is 354 g/mol. The summed E-state index contributed by atoms with van der Waals surface area (Å²) >= 11 is 1.33. The molecule has 1 aromatic heterocycles. The van der Waals surface area contributed by atoms with Crippen LogP contribution in [0, 0.1) is 0 Å². The molecule has 0 saturated carbocycles. The highest BCUT2D eigenvalue weighted by Gasteiger charge is 2.28. The fourth-order valence-electron chi connectivity index (χ4n) is 2.51. The van der Waals surface area contributed by atoms with E-state index in [1.54, 1.807) is 31.4 Å². The number of ether oxygens (including phenoxy) is 1. The number of nitrogens with zero attached hydrogens (tertiary/aromatic N) is 4. The molecule has 0 aliphatic carbocycles. The second kappa shape index (κ2) is 6.91. The number of sulfonamides is 1. The Morgan fingerprint density at radius 3 is 2.43 bits per heavy atom. The van der Waals surface area contributed by atoms with E-state index in [4.69, 9.17) is 4.74 Å². The van der Waals surface area contributed by atoms with Crippen molar-refractivity contribution in [2.24, 2.45) is 0 Å². The maximum atomic E-state index is 12.7. The number of hydrogen-bond acceptors (Lipinski definition) is 7. The molecule has 0 spiro atoms. The molecule has 1 saturated heterocycles. The smallest absolute Gasteiger partial charge is 0.243 e. The zero-order chi connectivity index (χ0) is 16.3. The van der Waals surface area contributed by atoms with Gasteiger partial charge in [0.15, 0.2) is 0 Å². The molecule has 0 atom stereocenters. The lowest BCUT2D eigenvalue weighted by Crippen LogP contribution is -2.48. The lowest BCUT2D eigenvalue weighted by atomic mass is 10.3. The van der Waals surface area contributed by atoms with Crippen LogP contribution in [0.5, 0.6) is 5.75 Å². The van der Waals surface area contributed by atoms with E-state index in [-0.39, 0.29) is 0 Å². The van der Waals surface area contributed by atoms with Gasteiger partial charge in [0.1, 0.15) is 5.75 Å². The van der Waals surface area contributed by atoms with Crippen LogP contribution in [0.1, 0.15) is 5.69 Å². The first-order chi connectivity index (χ1) is 11.1. The van der Waals surface area contributed by atoms with Crippen molar-refractivity contribution in [1.82, 2.24) is 18.8 Å². The molecular formula is C14H18N4O3S2. The van der Waals surface area contributed by atoms with E-state index in [2.05, 4.69) is 14.5 Å². The Hall–Kier alpha value is -1.55. The van der Waals surface area contributed by atoms with E-state index in [9.17, 15) is 8.42 Å². The molecule has 2 aromatic rings. The van der Waals surface area contributed by atoms with Crippen molar-refractivity contribution in [2.75, 3.05) is 33.3 Å². The van der Waals surface area contributed by atoms with Gasteiger partial charge in [-0.3, -0.25) is 4.90 Å². The fourth-order valence-corrected chi connectivity index (χ4v) is 4.37. The van der Waals surface area contributed by atoms with Crippen molar-refractivity contribution in [3.05, 3.63) is 35.3 Å². The maximum absolute atomic E-state index is 12.7. The van der Waals surface area contributed by atoms with E-state index in [0.717, 1.165) is 5.69 Å². The van der Waals surface area contributed by atoms with Crippen LogP contribution in [0.3, 0.4) is 0 Å². The summed E-state index contributed by atoms with van der Waals surface area (Å²) in [6.45, 7) is 3.05. The van der Waals surface area contributed by atoms with Crippen LogP contribution in [0.15, 0.2) is 34.5 Å². The van der Waals surface area contributed by atoms with Crippen LogP contribution in [0.2, 0.25) is 0 Å². The Balaban J connectivity index is 1.63. The van der Waals surface area contributed by atoms with Gasteiger partial charge >= 0.3 is 0 Å². The summed E-state index contributed by atoms with van der Waals surface area (Å²) in [4.78, 5) is 2.49. The maximum Gasteiger partial charge on any atom is 0.243 e. The molecule has 0 amide bonds. The number of aromatic nitrogens is 2. The number of benzene rings is 1. The number of piperazine rings is 1. The van der Waals surface area contributed by atoms with Gasteiger partial charge in [0.25, 0.3) is 0 Å². The van der Waals surface area contributed by atoms with Crippen molar-refractivity contribution in [3.8, 4) is 5.75 Å². The summed E-state index contributed by atoms with van der Waals surface area (Å²) in [5.41, 5.74) is 0.932. The van der Waals surface area contributed by atoms with E-state index >= 15 is 0 Å². The fraction of sp³-hybridized carbons (Fsp3) is 0.429. The van der Waals surface area contributed by atoms with E-state index in [0.29, 0.717) is 43.4 Å². The highest BCUT2D eigenvalue weighted by atomic mass is 32.2. The Morgan fingerprint density at radius 1 is 1.17 bits per heavy atom. The Kier molecular flexibility index (Phi) is 4.90. The summed E-state index contributed by atoms with van der Waals surface area (Å²) in [7, 11) is -1.89. The minimum atomic E-state index is -3.45. The SMILES string of the molecule is COc1ccc(S(=O)(=O)N2CCN(Cc3csnn3)CC2)cc1. The van der Waals surface area contributed by atoms with Crippen molar-refractivity contribution < 1.29 is 13.2 Å². The van der Waals surface area contributed by atoms with Gasteiger partial charge < -0.3 is 4.74 Å². The van der Waals surface area contributed by atoms with Gasteiger partial charge in [0, 0.05) is 38.1 Å². The Bertz CT molecular complexity index is 724. The quantitative estimate of drug-likeness (QED) is 0.799. The molecule has 0 bridgehead atoms. The van der Waals surface area contributed by atoms with Gasteiger partial charge in [0.2, 0.25) is 10.0 Å². The van der Waals surface area contributed by atoms with Gasteiger partial charge in [0.05, 0.1) is 17.7 Å². The van der Waals surface area contributed by atoms with E-state index in [1.807, 2.05) is 5.38 Å². The highest BCUT2D eigenvalue weighted by molar-refractivity contribution is 7.89. The molecule has 2 heterocycles. The lowest BCUT2D eigenvalue weighted by molar-refractivity contribution is 0.180. The summed E-state index contributed by atoms with van der Waals surface area (Å²) in [5, 5.41) is 5.94. The molecule has 3 rings (SSSR count). The molecule has 0 unspecified atom stereocenters. The number of rotatable bonds is 5. The lowest BCUT2D eigenvalue weighted by Gasteiger charge is -2.33. The minimum Gasteiger partial charge on any atom is -0.497 e. The normalized spacial score (nSPS) is 17.3. The zero-order valence-electron chi connectivity index (χ0n) is 12.8. The van der Waals surface area contributed by atoms with Crippen LogP contribution in [-0.4, -0.2) is 60.5 Å². The molecule has 9 heteroatoms. The molecule has 124 valence electrons. The molecule has 1 fully saturated rings. The van der Waals surface area contributed by atoms with E-state index < -0.39 is 10.0 Å². The van der Waals surface area contributed by atoms with E-state index in [1.165, 1.54) is 15.8 Å². The first-order valence-corrected chi connectivity index (χ1v) is 9.50. The van der Waals surface area contributed by atoms with Gasteiger partial charge in [-0.1, -0.05) is 4.49 Å². The average Bonchev–Trinajstić information content (AvgIpc) is 3.08. The third-order valence-corrected chi connectivity index (χ3v) is 6.29. The molecule has 1 aromatic carbocycles. The molecule has 0 radical (unpaired) electrons. The van der Waals surface area contributed by atoms with Crippen molar-refractivity contribution in [3.63, 3.8) is 0 Å². The third kappa shape index (κ3) is 3.69. The molecule has 23 heavy (non-hydrogen) atoms. The summed E-state index contributed by atoms with van der Waals surface area (Å²) in [5.74, 6) is 0.644. The van der Waals surface area contributed by atoms with Crippen LogP contribution < -0.4 is 4.74 Å². The second-order valence-corrected chi connectivity index (χ2v) is 7.80. The first-order valence-electron chi connectivity index (χ1n) is 7.22. The molecule has 1 aliphatic rings. The predicted molar refractivity (Wildman–Crippen MR) is 86.9 cm³/mol. The van der Waals surface area contributed by atoms with Gasteiger partial charge in [-0.15, -0.1) is 5.10 Å². The average molecular weight is 354 g/mol.